The fourth-order valence-corrected chi connectivity index (χ4v) is 2.88. The number of likely N-dealkylation sites (tertiary alicyclic amines) is 1. The molecular formula is C13H23N3O2. The van der Waals surface area contributed by atoms with E-state index in [0.29, 0.717) is 19.3 Å². The lowest BCUT2D eigenvalue weighted by Gasteiger charge is -2.33. The molecule has 1 aliphatic carbocycles. The number of piperidine rings is 1. The molecule has 2 saturated heterocycles. The van der Waals surface area contributed by atoms with Crippen LogP contribution in [-0.4, -0.2) is 61.8 Å². The molecule has 2 heterocycles. The molecule has 5 heteroatoms. The van der Waals surface area contributed by atoms with E-state index < -0.39 is 0 Å². The summed E-state index contributed by atoms with van der Waals surface area (Å²) in [6.45, 7) is 4.28. The van der Waals surface area contributed by atoms with E-state index >= 15 is 0 Å². The summed E-state index contributed by atoms with van der Waals surface area (Å²) < 4.78 is 5.32. The van der Waals surface area contributed by atoms with Crippen molar-refractivity contribution in [1.82, 2.24) is 15.5 Å². The quantitative estimate of drug-likeness (QED) is 0.726. The molecule has 2 N–H and O–H groups in total. The van der Waals surface area contributed by atoms with Gasteiger partial charge in [0, 0.05) is 31.7 Å². The van der Waals surface area contributed by atoms with Crippen molar-refractivity contribution in [2.24, 2.45) is 0 Å². The summed E-state index contributed by atoms with van der Waals surface area (Å²) >= 11 is 0. The number of ether oxygens (including phenoxy) is 1. The Bertz CT molecular complexity index is 293. The number of morpholine rings is 1. The maximum Gasteiger partial charge on any atom is 0.239 e. The van der Waals surface area contributed by atoms with Gasteiger partial charge in [-0.3, -0.25) is 4.79 Å². The van der Waals surface area contributed by atoms with Gasteiger partial charge in [-0.1, -0.05) is 0 Å². The van der Waals surface area contributed by atoms with Gasteiger partial charge in [0.1, 0.15) is 6.04 Å². The summed E-state index contributed by atoms with van der Waals surface area (Å²) in [5.74, 6) is 0.111. The normalized spacial score (nSPS) is 31.2. The third-order valence-corrected chi connectivity index (χ3v) is 4.18. The van der Waals surface area contributed by atoms with Gasteiger partial charge in [-0.2, -0.15) is 0 Å². The predicted octanol–water partition coefficient (Wildman–Crippen LogP) is -0.282. The Balaban J connectivity index is 1.41. The molecular weight excluding hydrogens is 230 g/mol. The molecule has 0 radical (unpaired) electrons. The summed E-state index contributed by atoms with van der Waals surface area (Å²) in [7, 11) is 0. The maximum atomic E-state index is 12.0. The average Bonchev–Trinajstić information content (AvgIpc) is 3.25. The highest BCUT2D eigenvalue weighted by Crippen LogP contribution is 2.29. The van der Waals surface area contributed by atoms with Crippen LogP contribution in [0.15, 0.2) is 0 Å². The molecule has 0 spiro atoms. The first-order valence-corrected chi connectivity index (χ1v) is 7.18. The summed E-state index contributed by atoms with van der Waals surface area (Å²) in [5.41, 5.74) is 0. The third kappa shape index (κ3) is 3.02. The second kappa shape index (κ2) is 5.55. The molecule has 3 aliphatic rings. The predicted molar refractivity (Wildman–Crippen MR) is 68.4 cm³/mol. The molecule has 1 saturated carbocycles. The van der Waals surface area contributed by atoms with Gasteiger partial charge in [0.2, 0.25) is 5.91 Å². The molecule has 0 bridgehead atoms. The van der Waals surface area contributed by atoms with Gasteiger partial charge in [-0.15, -0.1) is 0 Å². The Morgan fingerprint density at radius 1 is 1.22 bits per heavy atom. The van der Waals surface area contributed by atoms with Crippen molar-refractivity contribution in [2.75, 3.05) is 32.8 Å². The topological polar surface area (TPSA) is 53.6 Å². The largest absolute Gasteiger partial charge is 0.378 e. The van der Waals surface area contributed by atoms with Crippen LogP contribution in [0.25, 0.3) is 0 Å². The third-order valence-electron chi connectivity index (χ3n) is 4.18. The van der Waals surface area contributed by atoms with Crippen molar-refractivity contribution in [3.63, 3.8) is 0 Å². The Hall–Kier alpha value is -0.650. The van der Waals surface area contributed by atoms with Crippen LogP contribution in [0.3, 0.4) is 0 Å². The van der Waals surface area contributed by atoms with E-state index in [1.165, 1.54) is 12.8 Å². The molecule has 0 aromatic carbocycles. The highest BCUT2D eigenvalue weighted by atomic mass is 16.5. The van der Waals surface area contributed by atoms with Gasteiger partial charge >= 0.3 is 0 Å². The summed E-state index contributed by atoms with van der Waals surface area (Å²) in [6, 6.07) is 1.06. The fraction of sp³-hybridized carbons (Fsp3) is 0.923. The number of amides is 1. The molecule has 5 nitrogen and oxygen atoms in total. The lowest BCUT2D eigenvalue weighted by atomic mass is 10.0. The first-order valence-electron chi connectivity index (χ1n) is 7.18. The first-order chi connectivity index (χ1) is 8.83. The van der Waals surface area contributed by atoms with Gasteiger partial charge in [-0.25, -0.2) is 0 Å². The lowest BCUT2D eigenvalue weighted by Crippen LogP contribution is -2.55. The van der Waals surface area contributed by atoms with Crippen LogP contribution in [-0.2, 0) is 9.53 Å². The van der Waals surface area contributed by atoms with Gasteiger partial charge in [0.25, 0.3) is 0 Å². The molecule has 0 aromatic rings. The Labute approximate surface area is 108 Å². The van der Waals surface area contributed by atoms with E-state index in [0.717, 1.165) is 38.5 Å². The van der Waals surface area contributed by atoms with E-state index in [1.807, 2.05) is 0 Å². The molecule has 18 heavy (non-hydrogen) atoms. The summed E-state index contributed by atoms with van der Waals surface area (Å²) in [6.07, 6.45) is 4.94. The number of hydrogen-bond donors (Lipinski definition) is 2. The molecule has 102 valence electrons. The second-order valence-corrected chi connectivity index (χ2v) is 5.63. The standard InChI is InChI=1S/C13H23N3O2/c17-13(12-9-18-8-5-14-12)15-10-3-6-16(7-4-10)11-1-2-11/h10-12,14H,1-9H2,(H,15,17). The first kappa shape index (κ1) is 12.4. The number of carbonyl (C=O) groups is 1. The maximum absolute atomic E-state index is 12.0. The van der Waals surface area contributed by atoms with E-state index in [2.05, 4.69) is 15.5 Å². The number of hydrogen-bond acceptors (Lipinski definition) is 4. The van der Waals surface area contributed by atoms with E-state index in [4.69, 9.17) is 4.74 Å². The number of nitrogens with zero attached hydrogens (tertiary/aromatic N) is 1. The second-order valence-electron chi connectivity index (χ2n) is 5.63. The highest BCUT2D eigenvalue weighted by Gasteiger charge is 2.32. The van der Waals surface area contributed by atoms with Crippen molar-refractivity contribution in [3.05, 3.63) is 0 Å². The van der Waals surface area contributed by atoms with Crippen LogP contribution in [0.1, 0.15) is 25.7 Å². The van der Waals surface area contributed by atoms with Crippen molar-refractivity contribution in [1.29, 1.82) is 0 Å². The SMILES string of the molecule is O=C(NC1CCN(C2CC2)CC1)C1COCCN1. The minimum absolute atomic E-state index is 0.111. The highest BCUT2D eigenvalue weighted by molar-refractivity contribution is 5.82. The number of nitrogens with one attached hydrogen (secondary N) is 2. The summed E-state index contributed by atoms with van der Waals surface area (Å²) in [5, 5.41) is 6.36. The van der Waals surface area contributed by atoms with Gasteiger partial charge in [0.15, 0.2) is 0 Å². The van der Waals surface area contributed by atoms with Crippen molar-refractivity contribution in [3.8, 4) is 0 Å². The average molecular weight is 253 g/mol. The molecule has 0 aromatic heterocycles. The minimum atomic E-state index is -0.153. The Kier molecular flexibility index (Phi) is 3.82. The molecule has 2 aliphatic heterocycles. The zero-order valence-corrected chi connectivity index (χ0v) is 10.9. The zero-order chi connectivity index (χ0) is 12.4. The van der Waals surface area contributed by atoms with Crippen LogP contribution in [0.5, 0.6) is 0 Å². The van der Waals surface area contributed by atoms with Crippen LogP contribution in [0.4, 0.5) is 0 Å². The molecule has 1 unspecified atom stereocenters. The van der Waals surface area contributed by atoms with Crippen molar-refractivity contribution >= 4 is 5.91 Å². The van der Waals surface area contributed by atoms with Gasteiger partial charge < -0.3 is 20.3 Å². The monoisotopic (exact) mass is 253 g/mol. The van der Waals surface area contributed by atoms with Crippen LogP contribution in [0.2, 0.25) is 0 Å². The van der Waals surface area contributed by atoms with Gasteiger partial charge in [0.05, 0.1) is 13.2 Å². The lowest BCUT2D eigenvalue weighted by molar-refractivity contribution is -0.126. The minimum Gasteiger partial charge on any atom is -0.378 e. The van der Waals surface area contributed by atoms with E-state index in [1.54, 1.807) is 0 Å². The molecule has 1 amide bonds. The zero-order valence-electron chi connectivity index (χ0n) is 10.9. The fourth-order valence-electron chi connectivity index (χ4n) is 2.88. The Morgan fingerprint density at radius 2 is 2.00 bits per heavy atom. The van der Waals surface area contributed by atoms with E-state index in [-0.39, 0.29) is 11.9 Å². The van der Waals surface area contributed by atoms with Crippen LogP contribution in [0, 0.1) is 0 Å². The number of carbonyl (C=O) groups excluding carboxylic acids is 1. The van der Waals surface area contributed by atoms with Crippen molar-refractivity contribution in [2.45, 2.75) is 43.8 Å². The summed E-state index contributed by atoms with van der Waals surface area (Å²) in [4.78, 5) is 14.6. The molecule has 3 rings (SSSR count). The van der Waals surface area contributed by atoms with Crippen LogP contribution < -0.4 is 10.6 Å². The van der Waals surface area contributed by atoms with E-state index in [9.17, 15) is 4.79 Å². The Morgan fingerprint density at radius 3 is 2.61 bits per heavy atom. The van der Waals surface area contributed by atoms with Gasteiger partial charge in [-0.05, 0) is 25.7 Å². The number of rotatable bonds is 3. The molecule has 3 fully saturated rings. The molecule has 1 atom stereocenters. The van der Waals surface area contributed by atoms with Crippen LogP contribution >= 0.6 is 0 Å². The van der Waals surface area contributed by atoms with Crippen molar-refractivity contribution < 1.29 is 9.53 Å². The smallest absolute Gasteiger partial charge is 0.239 e.